The van der Waals surface area contributed by atoms with E-state index in [1.54, 1.807) is 30.5 Å². The number of esters is 2. The van der Waals surface area contributed by atoms with Gasteiger partial charge in [-0.25, -0.2) is 4.79 Å². The molecule has 0 fully saturated rings. The van der Waals surface area contributed by atoms with Gasteiger partial charge in [-0.2, -0.15) is 0 Å². The molecule has 1 aromatic heterocycles. The minimum Gasteiger partial charge on any atom is -0.465 e. The van der Waals surface area contributed by atoms with Crippen molar-refractivity contribution in [3.63, 3.8) is 0 Å². The number of para-hydroxylation sites is 1. The number of aromatic nitrogens is 1. The molecule has 1 heterocycles. The molecular formula is C22H22N2O5. The van der Waals surface area contributed by atoms with Crippen LogP contribution in [0.5, 0.6) is 0 Å². The second kappa shape index (κ2) is 9.05. The lowest BCUT2D eigenvalue weighted by Gasteiger charge is -2.13. The van der Waals surface area contributed by atoms with E-state index in [9.17, 15) is 14.4 Å². The summed E-state index contributed by atoms with van der Waals surface area (Å²) < 4.78 is 9.91. The molecule has 0 radical (unpaired) electrons. The molecular weight excluding hydrogens is 372 g/mol. The molecule has 2 aromatic carbocycles. The predicted molar refractivity (Wildman–Crippen MR) is 107 cm³/mol. The highest BCUT2D eigenvalue weighted by Crippen LogP contribution is 2.18. The lowest BCUT2D eigenvalue weighted by atomic mass is 10.1. The molecule has 7 heteroatoms. The molecule has 29 heavy (non-hydrogen) atoms. The summed E-state index contributed by atoms with van der Waals surface area (Å²) in [6, 6.07) is 14.4. The van der Waals surface area contributed by atoms with Gasteiger partial charge in [0.25, 0.3) is 5.91 Å². The van der Waals surface area contributed by atoms with Crippen LogP contribution in [0.2, 0.25) is 0 Å². The van der Waals surface area contributed by atoms with Crippen molar-refractivity contribution in [3.05, 3.63) is 71.4 Å². The maximum atomic E-state index is 12.2. The molecule has 7 nitrogen and oxygen atoms in total. The van der Waals surface area contributed by atoms with E-state index in [1.807, 2.05) is 24.3 Å². The van der Waals surface area contributed by atoms with E-state index in [1.165, 1.54) is 14.0 Å². The topological polar surface area (TPSA) is 97.5 Å². The number of ether oxygens (including phenoxy) is 2. The predicted octanol–water partition coefficient (Wildman–Crippen LogP) is 2.75. The first kappa shape index (κ1) is 20.1. The van der Waals surface area contributed by atoms with Gasteiger partial charge in [-0.15, -0.1) is 0 Å². The molecule has 1 unspecified atom stereocenters. The number of methoxy groups -OCH3 is 1. The zero-order valence-electron chi connectivity index (χ0n) is 16.2. The van der Waals surface area contributed by atoms with E-state index in [0.717, 1.165) is 22.0 Å². The van der Waals surface area contributed by atoms with Crippen molar-refractivity contribution < 1.29 is 23.9 Å². The van der Waals surface area contributed by atoms with Gasteiger partial charge in [-0.1, -0.05) is 30.3 Å². The Hall–Kier alpha value is -3.61. The summed E-state index contributed by atoms with van der Waals surface area (Å²) in [6.45, 7) is 1.79. The molecule has 1 amide bonds. The first-order valence-electron chi connectivity index (χ1n) is 9.17. The molecule has 3 aromatic rings. The molecule has 0 spiro atoms. The average molecular weight is 394 g/mol. The highest BCUT2D eigenvalue weighted by Gasteiger charge is 2.19. The summed E-state index contributed by atoms with van der Waals surface area (Å²) in [4.78, 5) is 39.0. The van der Waals surface area contributed by atoms with Crippen molar-refractivity contribution >= 4 is 28.7 Å². The fraction of sp³-hybridized carbons (Fsp3) is 0.227. The van der Waals surface area contributed by atoms with Crippen molar-refractivity contribution in [2.24, 2.45) is 0 Å². The number of rotatable bonds is 7. The van der Waals surface area contributed by atoms with Gasteiger partial charge < -0.3 is 19.8 Å². The first-order valence-corrected chi connectivity index (χ1v) is 9.17. The Balaban J connectivity index is 1.49. The molecule has 1 atom stereocenters. The Morgan fingerprint density at radius 2 is 1.79 bits per heavy atom. The summed E-state index contributed by atoms with van der Waals surface area (Å²) in [5, 5.41) is 3.67. The summed E-state index contributed by atoms with van der Waals surface area (Å²) in [5.74, 6) is -1.29. The van der Waals surface area contributed by atoms with E-state index >= 15 is 0 Å². The van der Waals surface area contributed by atoms with Gasteiger partial charge in [-0.05, 0) is 36.2 Å². The molecule has 0 saturated heterocycles. The lowest BCUT2D eigenvalue weighted by Crippen LogP contribution is -2.35. The van der Waals surface area contributed by atoms with E-state index in [2.05, 4.69) is 15.0 Å². The number of carbonyl (C=O) groups excluding carboxylic acids is 3. The molecule has 0 bridgehead atoms. The third-order valence-corrected chi connectivity index (χ3v) is 4.53. The standard InChI is InChI=1S/C22H22N2O5/c1-14(21(26)24-12-15-7-9-16(10-8-15)22(27)28-2)29-20(25)11-17-13-23-19-6-4-3-5-18(17)19/h3-10,13-14,23H,11-12H2,1-2H3,(H,24,26). The molecule has 2 N–H and O–H groups in total. The monoisotopic (exact) mass is 394 g/mol. The normalized spacial score (nSPS) is 11.7. The molecule has 0 aliphatic rings. The number of H-pyrrole nitrogens is 1. The van der Waals surface area contributed by atoms with E-state index in [4.69, 9.17) is 4.74 Å². The van der Waals surface area contributed by atoms with Crippen LogP contribution in [-0.2, 0) is 32.0 Å². The van der Waals surface area contributed by atoms with Gasteiger partial charge in [0.05, 0.1) is 19.1 Å². The van der Waals surface area contributed by atoms with Gasteiger partial charge in [0.1, 0.15) is 0 Å². The minimum atomic E-state index is -0.915. The van der Waals surface area contributed by atoms with Crippen molar-refractivity contribution in [1.29, 1.82) is 0 Å². The maximum absolute atomic E-state index is 12.2. The van der Waals surface area contributed by atoms with Crippen LogP contribution in [0.3, 0.4) is 0 Å². The quantitative estimate of drug-likeness (QED) is 0.601. The van der Waals surface area contributed by atoms with E-state index < -0.39 is 23.9 Å². The average Bonchev–Trinajstić information content (AvgIpc) is 3.14. The van der Waals surface area contributed by atoms with Gasteiger partial charge in [-0.3, -0.25) is 9.59 Å². The number of hydrogen-bond acceptors (Lipinski definition) is 5. The number of nitrogens with one attached hydrogen (secondary N) is 2. The number of benzene rings is 2. The lowest BCUT2D eigenvalue weighted by molar-refractivity contribution is -0.154. The zero-order chi connectivity index (χ0) is 20.8. The first-order chi connectivity index (χ1) is 14.0. The van der Waals surface area contributed by atoms with E-state index in [-0.39, 0.29) is 13.0 Å². The van der Waals surface area contributed by atoms with E-state index in [0.29, 0.717) is 5.56 Å². The van der Waals surface area contributed by atoms with Crippen LogP contribution < -0.4 is 5.32 Å². The Labute approximate surface area is 168 Å². The van der Waals surface area contributed by atoms with Crippen LogP contribution in [0, 0.1) is 0 Å². The molecule has 3 rings (SSSR count). The van der Waals surface area contributed by atoms with Crippen molar-refractivity contribution in [3.8, 4) is 0 Å². The highest BCUT2D eigenvalue weighted by atomic mass is 16.5. The third-order valence-electron chi connectivity index (χ3n) is 4.53. The number of carbonyl (C=O) groups is 3. The van der Waals surface area contributed by atoms with Crippen LogP contribution >= 0.6 is 0 Å². The molecule has 0 saturated carbocycles. The summed E-state index contributed by atoms with van der Waals surface area (Å²) in [5.41, 5.74) is 3.01. The molecule has 0 aliphatic heterocycles. The Morgan fingerprint density at radius 3 is 2.52 bits per heavy atom. The van der Waals surface area contributed by atoms with Crippen molar-refractivity contribution in [2.75, 3.05) is 7.11 Å². The maximum Gasteiger partial charge on any atom is 0.337 e. The Morgan fingerprint density at radius 1 is 1.07 bits per heavy atom. The van der Waals surface area contributed by atoms with Gasteiger partial charge in [0.15, 0.2) is 6.10 Å². The highest BCUT2D eigenvalue weighted by molar-refractivity contribution is 5.90. The number of hydrogen-bond donors (Lipinski definition) is 2. The molecule has 150 valence electrons. The number of fused-ring (bicyclic) bond motifs is 1. The number of amides is 1. The summed E-state index contributed by atoms with van der Waals surface area (Å²) >= 11 is 0. The van der Waals surface area contributed by atoms with Crippen LogP contribution in [0.1, 0.15) is 28.4 Å². The van der Waals surface area contributed by atoms with Crippen molar-refractivity contribution in [1.82, 2.24) is 10.3 Å². The fourth-order valence-electron chi connectivity index (χ4n) is 2.94. The second-order valence-corrected chi connectivity index (χ2v) is 6.57. The Bertz CT molecular complexity index is 1020. The summed E-state index contributed by atoms with van der Waals surface area (Å²) in [6.07, 6.45) is 0.938. The van der Waals surface area contributed by atoms with Crippen LogP contribution in [0.15, 0.2) is 54.7 Å². The van der Waals surface area contributed by atoms with Crippen LogP contribution in [0.25, 0.3) is 10.9 Å². The van der Waals surface area contributed by atoms with Crippen molar-refractivity contribution in [2.45, 2.75) is 26.0 Å². The van der Waals surface area contributed by atoms with Gasteiger partial charge in [0.2, 0.25) is 0 Å². The number of aromatic amines is 1. The van der Waals surface area contributed by atoms with Crippen LogP contribution in [-0.4, -0.2) is 36.0 Å². The third kappa shape index (κ3) is 5.01. The molecule has 0 aliphatic carbocycles. The second-order valence-electron chi connectivity index (χ2n) is 6.57. The van der Waals surface area contributed by atoms with Gasteiger partial charge >= 0.3 is 11.9 Å². The zero-order valence-corrected chi connectivity index (χ0v) is 16.2. The Kier molecular flexibility index (Phi) is 6.29. The summed E-state index contributed by atoms with van der Waals surface area (Å²) in [7, 11) is 1.32. The smallest absolute Gasteiger partial charge is 0.337 e. The minimum absolute atomic E-state index is 0.0800. The largest absolute Gasteiger partial charge is 0.465 e. The van der Waals surface area contributed by atoms with Gasteiger partial charge in [0, 0.05) is 23.6 Å². The van der Waals surface area contributed by atoms with Crippen LogP contribution in [0.4, 0.5) is 0 Å². The SMILES string of the molecule is COC(=O)c1ccc(CNC(=O)C(C)OC(=O)Cc2c[nH]c3ccccc23)cc1. The fourth-order valence-corrected chi connectivity index (χ4v) is 2.94.